The smallest absolute Gasteiger partial charge is 0.274 e. The molecular formula is C34H42N6O5. The van der Waals surface area contributed by atoms with Gasteiger partial charge in [-0.15, -0.1) is 0 Å². The number of hydrogen-bond donors (Lipinski definition) is 7. The summed E-state index contributed by atoms with van der Waals surface area (Å²) in [6.45, 7) is 10.5. The Hall–Kier alpha value is -4.52. The van der Waals surface area contributed by atoms with Crippen LogP contribution in [-0.2, 0) is 11.3 Å². The molecule has 0 atom stereocenters. The average molecular weight is 615 g/mol. The molecule has 1 aromatic heterocycles. The lowest BCUT2D eigenvalue weighted by Gasteiger charge is -2.17. The molecule has 0 aliphatic carbocycles. The second-order valence-corrected chi connectivity index (χ2v) is 10.3. The number of hydrogen-bond acceptors (Lipinski definition) is 9. The van der Waals surface area contributed by atoms with Crippen molar-refractivity contribution in [3.63, 3.8) is 0 Å². The first-order valence-electron chi connectivity index (χ1n) is 14.6. The number of allylic oxidation sites excluding steroid dienone is 1. The van der Waals surface area contributed by atoms with Gasteiger partial charge >= 0.3 is 0 Å². The van der Waals surface area contributed by atoms with Crippen molar-refractivity contribution in [1.82, 2.24) is 15.6 Å². The molecular weight excluding hydrogens is 572 g/mol. The van der Waals surface area contributed by atoms with E-state index in [0.717, 1.165) is 33.4 Å². The Morgan fingerprint density at radius 2 is 1.60 bits per heavy atom. The Labute approximate surface area is 263 Å². The summed E-state index contributed by atoms with van der Waals surface area (Å²) in [5.41, 5.74) is 6.68. The van der Waals surface area contributed by atoms with Crippen molar-refractivity contribution in [1.29, 1.82) is 0 Å². The molecule has 0 aliphatic rings. The minimum atomic E-state index is -0.432. The molecule has 0 saturated carbocycles. The minimum absolute atomic E-state index is 0.0338. The lowest BCUT2D eigenvalue weighted by atomic mass is 9.94. The molecule has 2 aromatic carbocycles. The van der Waals surface area contributed by atoms with E-state index >= 15 is 0 Å². The number of aliphatic imine (C=N–C) groups is 1. The minimum Gasteiger partial charge on any atom is -0.395 e. The lowest BCUT2D eigenvalue weighted by Crippen LogP contribution is -2.35. The van der Waals surface area contributed by atoms with E-state index in [-0.39, 0.29) is 37.1 Å². The highest BCUT2D eigenvalue weighted by molar-refractivity contribution is 6.06. The van der Waals surface area contributed by atoms with Crippen LogP contribution in [0.15, 0.2) is 83.6 Å². The second kappa shape index (κ2) is 17.7. The molecule has 0 spiro atoms. The molecule has 3 rings (SSSR count). The van der Waals surface area contributed by atoms with E-state index in [1.165, 1.54) is 0 Å². The van der Waals surface area contributed by atoms with Crippen molar-refractivity contribution in [2.75, 3.05) is 43.5 Å². The van der Waals surface area contributed by atoms with Gasteiger partial charge in [-0.05, 0) is 72.4 Å². The molecule has 45 heavy (non-hydrogen) atoms. The highest BCUT2D eigenvalue weighted by Gasteiger charge is 2.16. The fraction of sp³-hybridized carbons (Fsp3) is 0.294. The number of carbonyl (C=O) groups is 2. The number of carbonyl (C=O) groups excluding carboxylic acids is 2. The molecule has 3 aromatic rings. The van der Waals surface area contributed by atoms with E-state index in [9.17, 15) is 19.8 Å². The summed E-state index contributed by atoms with van der Waals surface area (Å²) in [4.78, 5) is 34.4. The molecule has 0 saturated heterocycles. The van der Waals surface area contributed by atoms with Gasteiger partial charge in [0, 0.05) is 43.4 Å². The Balaban J connectivity index is 1.71. The first-order chi connectivity index (χ1) is 21.7. The first-order valence-corrected chi connectivity index (χ1v) is 14.6. The van der Waals surface area contributed by atoms with Crippen LogP contribution < -0.4 is 21.3 Å². The van der Waals surface area contributed by atoms with Gasteiger partial charge in [-0.1, -0.05) is 43.0 Å². The summed E-state index contributed by atoms with van der Waals surface area (Å²) in [5.74, 6) is -0.792. The highest BCUT2D eigenvalue weighted by Crippen LogP contribution is 2.34. The molecule has 0 bridgehead atoms. The van der Waals surface area contributed by atoms with Gasteiger partial charge in [0.15, 0.2) is 0 Å². The van der Waals surface area contributed by atoms with Gasteiger partial charge in [0.1, 0.15) is 11.4 Å². The van der Waals surface area contributed by atoms with Crippen LogP contribution in [0, 0.1) is 13.8 Å². The molecule has 2 amide bonds. The van der Waals surface area contributed by atoms with Crippen LogP contribution in [-0.4, -0.2) is 77.3 Å². The maximum absolute atomic E-state index is 13.0. The van der Waals surface area contributed by atoms with E-state index in [0.29, 0.717) is 31.0 Å². The fourth-order valence-electron chi connectivity index (χ4n) is 4.37. The monoisotopic (exact) mass is 614 g/mol. The van der Waals surface area contributed by atoms with Crippen molar-refractivity contribution in [3.8, 4) is 11.1 Å². The Bertz CT molecular complexity index is 1530. The van der Waals surface area contributed by atoms with Crippen molar-refractivity contribution in [2.24, 2.45) is 4.99 Å². The number of anilines is 2. The van der Waals surface area contributed by atoms with Gasteiger partial charge in [0.05, 0.1) is 25.9 Å². The number of aromatic nitrogens is 1. The summed E-state index contributed by atoms with van der Waals surface area (Å²) in [6.07, 6.45) is 5.02. The summed E-state index contributed by atoms with van der Waals surface area (Å²) < 4.78 is 0. The largest absolute Gasteiger partial charge is 0.395 e. The zero-order valence-corrected chi connectivity index (χ0v) is 25.9. The van der Waals surface area contributed by atoms with E-state index in [1.54, 1.807) is 24.5 Å². The SMILES string of the molecule is C=C(/N=C\C(=C/C)CNCCO)C(=O)Nc1cccc(-c2cccc(NC(=O)c3ccc(CNC(CO)CO)cn3)c2C)c1C. The third-order valence-corrected chi connectivity index (χ3v) is 7.18. The van der Waals surface area contributed by atoms with Crippen LogP contribution in [0.5, 0.6) is 0 Å². The topological polar surface area (TPSA) is 168 Å². The zero-order chi connectivity index (χ0) is 32.8. The predicted octanol–water partition coefficient (Wildman–Crippen LogP) is 3.11. The van der Waals surface area contributed by atoms with Crippen molar-refractivity contribution >= 4 is 29.4 Å². The third kappa shape index (κ3) is 10.00. The molecule has 238 valence electrons. The van der Waals surface area contributed by atoms with Crippen molar-refractivity contribution in [2.45, 2.75) is 33.4 Å². The number of benzene rings is 2. The van der Waals surface area contributed by atoms with Crippen LogP contribution in [0.25, 0.3) is 11.1 Å². The molecule has 0 aliphatic heterocycles. The van der Waals surface area contributed by atoms with Crippen LogP contribution in [0.2, 0.25) is 0 Å². The number of aliphatic hydroxyl groups excluding tert-OH is 3. The maximum atomic E-state index is 13.0. The Morgan fingerprint density at radius 1 is 0.956 bits per heavy atom. The number of nitrogens with one attached hydrogen (secondary N) is 4. The molecule has 11 heteroatoms. The average Bonchev–Trinajstić information content (AvgIpc) is 3.05. The zero-order valence-electron chi connectivity index (χ0n) is 25.9. The lowest BCUT2D eigenvalue weighted by molar-refractivity contribution is -0.112. The third-order valence-electron chi connectivity index (χ3n) is 7.18. The second-order valence-electron chi connectivity index (χ2n) is 10.3. The number of nitrogens with zero attached hydrogens (tertiary/aromatic N) is 2. The number of rotatable bonds is 16. The quantitative estimate of drug-likeness (QED) is 0.0734. The summed E-state index contributed by atoms with van der Waals surface area (Å²) in [5, 5.41) is 39.3. The molecule has 1 heterocycles. The van der Waals surface area contributed by atoms with Gasteiger partial charge < -0.3 is 36.6 Å². The van der Waals surface area contributed by atoms with Crippen LogP contribution in [0.3, 0.4) is 0 Å². The molecule has 0 unspecified atom stereocenters. The van der Waals surface area contributed by atoms with Gasteiger partial charge in [-0.25, -0.2) is 0 Å². The summed E-state index contributed by atoms with van der Waals surface area (Å²) >= 11 is 0. The molecule has 11 nitrogen and oxygen atoms in total. The summed E-state index contributed by atoms with van der Waals surface area (Å²) in [7, 11) is 0. The molecule has 0 fully saturated rings. The van der Waals surface area contributed by atoms with E-state index < -0.39 is 11.9 Å². The van der Waals surface area contributed by atoms with Crippen LogP contribution >= 0.6 is 0 Å². The van der Waals surface area contributed by atoms with Crippen LogP contribution in [0.4, 0.5) is 11.4 Å². The van der Waals surface area contributed by atoms with Gasteiger partial charge in [0.2, 0.25) is 0 Å². The van der Waals surface area contributed by atoms with E-state index in [1.807, 2.05) is 63.2 Å². The van der Waals surface area contributed by atoms with Gasteiger partial charge in [-0.2, -0.15) is 0 Å². The highest BCUT2D eigenvalue weighted by atomic mass is 16.3. The fourth-order valence-corrected chi connectivity index (χ4v) is 4.37. The Kier molecular flexibility index (Phi) is 13.7. The van der Waals surface area contributed by atoms with Gasteiger partial charge in [0.25, 0.3) is 11.8 Å². The number of aliphatic hydroxyl groups is 3. The van der Waals surface area contributed by atoms with Crippen LogP contribution in [0.1, 0.15) is 34.1 Å². The Morgan fingerprint density at radius 3 is 2.16 bits per heavy atom. The van der Waals surface area contributed by atoms with E-state index in [4.69, 9.17) is 5.11 Å². The maximum Gasteiger partial charge on any atom is 0.274 e. The number of amides is 2. The predicted molar refractivity (Wildman–Crippen MR) is 178 cm³/mol. The first kappa shape index (κ1) is 35.0. The molecule has 7 N–H and O–H groups in total. The summed E-state index contributed by atoms with van der Waals surface area (Å²) in [6, 6.07) is 14.2. The van der Waals surface area contributed by atoms with E-state index in [2.05, 4.69) is 37.8 Å². The standard InChI is InChI=1S/C34H42N6O5/c1-5-25(16-35-14-15-41)17-36-24(4)33(44)39-30-10-6-8-28(22(30)2)29-9-7-11-31(23(29)3)40-34(45)32-13-12-26(19-38-32)18-37-27(20-42)21-43/h5-13,17,19,27,35,37,41-43H,4,14-16,18,20-21H2,1-3H3,(H,39,44)(H,40,45)/b25-5-,36-17-. The molecule has 0 radical (unpaired) electrons. The normalized spacial score (nSPS) is 11.7. The van der Waals surface area contributed by atoms with Gasteiger partial charge in [-0.3, -0.25) is 19.6 Å². The van der Waals surface area contributed by atoms with Crippen molar-refractivity contribution < 1.29 is 24.9 Å². The van der Waals surface area contributed by atoms with Crippen molar-refractivity contribution in [3.05, 3.63) is 101 Å². The number of pyridine rings is 1.